The van der Waals surface area contributed by atoms with E-state index in [2.05, 4.69) is 12.2 Å². The zero-order valence-electron chi connectivity index (χ0n) is 14.6. The number of ether oxygens (including phenoxy) is 2. The van der Waals surface area contributed by atoms with E-state index in [1.54, 1.807) is 25.3 Å². The van der Waals surface area contributed by atoms with E-state index in [1.807, 2.05) is 13.8 Å². The van der Waals surface area contributed by atoms with Crippen molar-refractivity contribution in [1.82, 2.24) is 0 Å². The van der Waals surface area contributed by atoms with E-state index in [4.69, 9.17) is 21.1 Å². The predicted molar refractivity (Wildman–Crippen MR) is 95.4 cm³/mol. The zero-order chi connectivity index (χ0) is 17.3. The van der Waals surface area contributed by atoms with Gasteiger partial charge in [0, 0.05) is 12.8 Å². The second-order valence-corrected chi connectivity index (χ2v) is 6.25. The number of carbonyl (C=O) groups excluding carboxylic acids is 1. The summed E-state index contributed by atoms with van der Waals surface area (Å²) in [6, 6.07) is 5.26. The molecule has 0 aliphatic carbocycles. The van der Waals surface area contributed by atoms with E-state index in [1.165, 1.54) is 0 Å². The molecule has 23 heavy (non-hydrogen) atoms. The van der Waals surface area contributed by atoms with Crippen molar-refractivity contribution < 1.29 is 14.3 Å². The summed E-state index contributed by atoms with van der Waals surface area (Å²) in [5.41, 5.74) is -0.193. The van der Waals surface area contributed by atoms with Gasteiger partial charge in [-0.25, -0.2) is 0 Å². The van der Waals surface area contributed by atoms with Gasteiger partial charge in [-0.1, -0.05) is 44.7 Å². The summed E-state index contributed by atoms with van der Waals surface area (Å²) in [4.78, 5) is 12.5. The molecule has 0 aliphatic heterocycles. The molecule has 0 bridgehead atoms. The van der Waals surface area contributed by atoms with Gasteiger partial charge in [-0.15, -0.1) is 0 Å². The summed E-state index contributed by atoms with van der Waals surface area (Å²) >= 11 is 6.19. The van der Waals surface area contributed by atoms with Gasteiger partial charge in [0.05, 0.1) is 11.6 Å². The molecule has 0 radical (unpaired) electrons. The molecule has 1 rings (SSSR count). The summed E-state index contributed by atoms with van der Waals surface area (Å²) in [5, 5.41) is 3.37. The van der Waals surface area contributed by atoms with Crippen LogP contribution in [0.15, 0.2) is 18.2 Å². The fraction of sp³-hybridized carbons (Fsp3) is 0.611. The fourth-order valence-electron chi connectivity index (χ4n) is 2.19. The van der Waals surface area contributed by atoms with Crippen LogP contribution >= 0.6 is 11.6 Å². The van der Waals surface area contributed by atoms with Crippen LogP contribution < -0.4 is 10.1 Å². The van der Waals surface area contributed by atoms with Crippen LogP contribution in [0.3, 0.4) is 0 Å². The van der Waals surface area contributed by atoms with E-state index < -0.39 is 5.60 Å². The van der Waals surface area contributed by atoms with Crippen LogP contribution in [-0.4, -0.2) is 25.2 Å². The van der Waals surface area contributed by atoms with Gasteiger partial charge >= 0.3 is 0 Å². The third-order valence-electron chi connectivity index (χ3n) is 3.84. The molecule has 1 N–H and O–H groups in total. The minimum atomic E-state index is -0.834. The molecule has 0 fully saturated rings. The van der Waals surface area contributed by atoms with E-state index in [0.717, 1.165) is 25.7 Å². The molecule has 0 unspecified atom stereocenters. The lowest BCUT2D eigenvalue weighted by molar-refractivity contribution is -0.136. The van der Waals surface area contributed by atoms with E-state index in [-0.39, 0.29) is 5.91 Å². The normalized spacial score (nSPS) is 13.4. The fourth-order valence-corrected chi connectivity index (χ4v) is 2.43. The number of amides is 1. The van der Waals surface area contributed by atoms with Crippen LogP contribution in [0, 0.1) is 0 Å². The number of unbranched alkanes of at least 4 members (excludes halogenated alkanes) is 2. The topological polar surface area (TPSA) is 47.6 Å². The Bertz CT molecular complexity index is 507. The molecular weight excluding hydrogens is 314 g/mol. The van der Waals surface area contributed by atoms with Crippen LogP contribution in [0.1, 0.15) is 52.9 Å². The third-order valence-corrected chi connectivity index (χ3v) is 4.14. The molecule has 1 aromatic rings. The lowest BCUT2D eigenvalue weighted by Crippen LogP contribution is -2.41. The maximum absolute atomic E-state index is 12.5. The molecule has 1 amide bonds. The van der Waals surface area contributed by atoms with Gasteiger partial charge in [0.1, 0.15) is 11.4 Å². The number of hydrogen-bond donors (Lipinski definition) is 1. The molecule has 0 aliphatic rings. The number of rotatable bonds is 10. The number of halogens is 1. The summed E-state index contributed by atoms with van der Waals surface area (Å²) in [5.74, 6) is 0.471. The molecule has 4 nitrogen and oxygen atoms in total. The highest BCUT2D eigenvalue weighted by Gasteiger charge is 2.32. The molecule has 0 aromatic heterocycles. The summed E-state index contributed by atoms with van der Waals surface area (Å²) < 4.78 is 11.0. The van der Waals surface area contributed by atoms with Crippen LogP contribution in [0.5, 0.6) is 5.75 Å². The van der Waals surface area contributed by atoms with E-state index in [9.17, 15) is 4.79 Å². The van der Waals surface area contributed by atoms with Crippen LogP contribution in [0.4, 0.5) is 5.69 Å². The van der Waals surface area contributed by atoms with Crippen molar-refractivity contribution in [2.45, 2.75) is 58.5 Å². The van der Waals surface area contributed by atoms with Gasteiger partial charge in [-0.05, 0) is 38.0 Å². The Balaban J connectivity index is 2.73. The molecule has 5 heteroatoms. The number of hydrogen-bond acceptors (Lipinski definition) is 3. The highest BCUT2D eigenvalue weighted by atomic mass is 35.5. The van der Waals surface area contributed by atoms with Gasteiger partial charge in [-0.2, -0.15) is 0 Å². The lowest BCUT2D eigenvalue weighted by Gasteiger charge is -2.27. The van der Waals surface area contributed by atoms with Crippen LogP contribution in [0.2, 0.25) is 5.02 Å². The second kappa shape index (κ2) is 9.78. The van der Waals surface area contributed by atoms with Gasteiger partial charge < -0.3 is 14.8 Å². The first-order chi connectivity index (χ1) is 11.0. The van der Waals surface area contributed by atoms with Crippen molar-refractivity contribution in [2.24, 2.45) is 0 Å². The molecule has 0 heterocycles. The number of nitrogens with one attached hydrogen (secondary N) is 1. The Labute approximate surface area is 144 Å². The van der Waals surface area contributed by atoms with Crippen LogP contribution in [-0.2, 0) is 9.53 Å². The Morgan fingerprint density at radius 3 is 2.57 bits per heavy atom. The lowest BCUT2D eigenvalue weighted by atomic mass is 9.97. The first kappa shape index (κ1) is 19.8. The Kier molecular flexibility index (Phi) is 8.42. The van der Waals surface area contributed by atoms with Crippen LogP contribution in [0.25, 0.3) is 0 Å². The maximum atomic E-state index is 12.5. The Morgan fingerprint density at radius 1 is 1.26 bits per heavy atom. The minimum Gasteiger partial charge on any atom is -0.492 e. The monoisotopic (exact) mass is 341 g/mol. The number of carbonyl (C=O) groups is 1. The molecule has 0 saturated carbocycles. The summed E-state index contributed by atoms with van der Waals surface area (Å²) in [6.07, 6.45) is 4.75. The number of anilines is 1. The Morgan fingerprint density at radius 2 is 2.00 bits per heavy atom. The predicted octanol–water partition coefficient (Wildman–Crippen LogP) is 5.05. The average Bonchev–Trinajstić information content (AvgIpc) is 2.54. The third kappa shape index (κ3) is 6.04. The zero-order valence-corrected chi connectivity index (χ0v) is 15.3. The van der Waals surface area contributed by atoms with Gasteiger partial charge in [0.25, 0.3) is 5.91 Å². The standard InChI is InChI=1S/C18H28ClNO3/c1-5-7-8-11-18(3,22-4)17(21)20-14-9-10-16(15(19)13-14)23-12-6-2/h9-10,13H,5-8,11-12H2,1-4H3,(H,20,21)/t18-/m0/s1. The van der Waals surface area contributed by atoms with E-state index >= 15 is 0 Å². The van der Waals surface area contributed by atoms with Crippen molar-refractivity contribution in [1.29, 1.82) is 0 Å². The molecule has 1 atom stereocenters. The second-order valence-electron chi connectivity index (χ2n) is 5.84. The van der Waals surface area contributed by atoms with Gasteiger partial charge in [0.15, 0.2) is 0 Å². The SMILES string of the molecule is CCCCC[C@](C)(OC)C(=O)Nc1ccc(OCCC)c(Cl)c1. The molecule has 1 aromatic carbocycles. The minimum absolute atomic E-state index is 0.158. The smallest absolute Gasteiger partial charge is 0.256 e. The molecule has 0 spiro atoms. The summed E-state index contributed by atoms with van der Waals surface area (Å²) in [7, 11) is 1.57. The quantitative estimate of drug-likeness (QED) is 0.605. The van der Waals surface area contributed by atoms with Gasteiger partial charge in [0.2, 0.25) is 0 Å². The van der Waals surface area contributed by atoms with Crippen molar-refractivity contribution in [3.8, 4) is 5.75 Å². The van der Waals surface area contributed by atoms with Crippen molar-refractivity contribution in [3.05, 3.63) is 23.2 Å². The summed E-state index contributed by atoms with van der Waals surface area (Å²) in [6.45, 7) is 6.60. The first-order valence-electron chi connectivity index (χ1n) is 8.25. The highest BCUT2D eigenvalue weighted by Crippen LogP contribution is 2.29. The van der Waals surface area contributed by atoms with E-state index in [0.29, 0.717) is 29.5 Å². The van der Waals surface area contributed by atoms with Crippen molar-refractivity contribution in [3.63, 3.8) is 0 Å². The average molecular weight is 342 g/mol. The van der Waals surface area contributed by atoms with Gasteiger partial charge in [-0.3, -0.25) is 4.79 Å². The highest BCUT2D eigenvalue weighted by molar-refractivity contribution is 6.32. The molecule has 0 saturated heterocycles. The largest absolute Gasteiger partial charge is 0.492 e. The number of methoxy groups -OCH3 is 1. The maximum Gasteiger partial charge on any atom is 0.256 e. The molecule has 130 valence electrons. The van der Waals surface area contributed by atoms with Crippen molar-refractivity contribution >= 4 is 23.2 Å². The Hall–Kier alpha value is -1.26. The first-order valence-corrected chi connectivity index (χ1v) is 8.63. The van der Waals surface area contributed by atoms with Crippen molar-refractivity contribution in [2.75, 3.05) is 19.0 Å². The number of benzene rings is 1. The molecular formula is C18H28ClNO3.